The molecular formula is C13H25BrN6. The number of hydrogen-bond donors (Lipinski definition) is 2. The zero-order chi connectivity index (χ0) is 14.8. The predicted molar refractivity (Wildman–Crippen MR) is 82.9 cm³/mol. The van der Waals surface area contributed by atoms with E-state index in [1.165, 1.54) is 25.7 Å². The van der Waals surface area contributed by atoms with Gasteiger partial charge in [0.25, 0.3) is 0 Å². The first kappa shape index (κ1) is 15.9. The molecule has 0 amide bonds. The Morgan fingerprint density at radius 1 is 1.25 bits per heavy atom. The maximum Gasteiger partial charge on any atom is 0.153 e. The topological polar surface area (TPSA) is 72.0 Å². The fourth-order valence-electron chi connectivity index (χ4n) is 3.09. The van der Waals surface area contributed by atoms with Gasteiger partial charge in [-0.05, 0) is 55.7 Å². The van der Waals surface area contributed by atoms with Crippen molar-refractivity contribution >= 4 is 15.9 Å². The van der Waals surface area contributed by atoms with Gasteiger partial charge in [0.05, 0.1) is 11.7 Å². The minimum atomic E-state index is -0.100. The number of halogens is 1. The number of nitrogens with zero attached hydrogens (tertiary/aromatic N) is 4. The van der Waals surface area contributed by atoms with Crippen LogP contribution in [0.1, 0.15) is 51.3 Å². The smallest absolute Gasteiger partial charge is 0.153 e. The molecule has 114 valence electrons. The molecule has 0 aromatic carbocycles. The average molecular weight is 345 g/mol. The molecule has 1 saturated heterocycles. The van der Waals surface area contributed by atoms with Crippen molar-refractivity contribution in [3.63, 3.8) is 0 Å². The van der Waals surface area contributed by atoms with Gasteiger partial charge < -0.3 is 0 Å². The van der Waals surface area contributed by atoms with Crippen molar-refractivity contribution in [2.45, 2.75) is 51.1 Å². The third kappa shape index (κ3) is 3.05. The Bertz CT molecular complexity index is 417. The highest BCUT2D eigenvalue weighted by atomic mass is 79.9. The molecule has 2 heterocycles. The van der Waals surface area contributed by atoms with Crippen LogP contribution in [0.3, 0.4) is 0 Å². The van der Waals surface area contributed by atoms with Crippen molar-refractivity contribution in [1.29, 1.82) is 0 Å². The summed E-state index contributed by atoms with van der Waals surface area (Å²) in [4.78, 5) is 2.53. The van der Waals surface area contributed by atoms with Gasteiger partial charge in [-0.15, -0.1) is 5.10 Å². The highest BCUT2D eigenvalue weighted by molar-refractivity contribution is 9.10. The molecule has 1 aliphatic heterocycles. The Morgan fingerprint density at radius 3 is 2.30 bits per heavy atom. The van der Waals surface area contributed by atoms with Crippen molar-refractivity contribution in [3.05, 3.63) is 10.3 Å². The van der Waals surface area contributed by atoms with Gasteiger partial charge in [0.1, 0.15) is 0 Å². The van der Waals surface area contributed by atoms with E-state index in [1.54, 1.807) is 4.68 Å². The van der Waals surface area contributed by atoms with E-state index in [0.717, 1.165) is 23.4 Å². The lowest BCUT2D eigenvalue weighted by Crippen LogP contribution is -2.55. The summed E-state index contributed by atoms with van der Waals surface area (Å²) in [7, 11) is 1.90. The van der Waals surface area contributed by atoms with E-state index >= 15 is 0 Å². The summed E-state index contributed by atoms with van der Waals surface area (Å²) in [6.07, 6.45) is 5.16. The van der Waals surface area contributed by atoms with Gasteiger partial charge in [0, 0.05) is 12.6 Å². The number of nitrogens with one attached hydrogen (secondary N) is 1. The van der Waals surface area contributed by atoms with E-state index in [0.29, 0.717) is 0 Å². The molecule has 1 aromatic rings. The minimum Gasteiger partial charge on any atom is -0.296 e. The molecule has 2 rings (SSSR count). The first-order chi connectivity index (χ1) is 9.48. The van der Waals surface area contributed by atoms with Crippen LogP contribution in [-0.2, 0) is 7.05 Å². The summed E-state index contributed by atoms with van der Waals surface area (Å²) in [6, 6.07) is -0.0324. The second kappa shape index (κ2) is 6.51. The lowest BCUT2D eigenvalue weighted by atomic mass is 9.90. The van der Waals surface area contributed by atoms with Gasteiger partial charge in [-0.2, -0.15) is 0 Å². The van der Waals surface area contributed by atoms with Crippen LogP contribution in [0.5, 0.6) is 0 Å². The minimum absolute atomic E-state index is 0.0324. The summed E-state index contributed by atoms with van der Waals surface area (Å²) in [5.41, 5.74) is 3.86. The first-order valence-electron chi connectivity index (χ1n) is 7.24. The number of likely N-dealkylation sites (tertiary alicyclic amines) is 1. The van der Waals surface area contributed by atoms with E-state index in [2.05, 4.69) is 50.4 Å². The Balaban J connectivity index is 2.28. The van der Waals surface area contributed by atoms with E-state index in [9.17, 15) is 0 Å². The summed E-state index contributed by atoms with van der Waals surface area (Å²) in [5, 5.41) is 8.15. The fourth-order valence-corrected chi connectivity index (χ4v) is 3.65. The summed E-state index contributed by atoms with van der Waals surface area (Å²) in [6.45, 7) is 6.72. The lowest BCUT2D eigenvalue weighted by molar-refractivity contribution is 0.0800. The maximum absolute atomic E-state index is 5.87. The van der Waals surface area contributed by atoms with Gasteiger partial charge in [-0.3, -0.25) is 10.7 Å². The lowest BCUT2D eigenvalue weighted by Gasteiger charge is -2.43. The van der Waals surface area contributed by atoms with Crippen molar-refractivity contribution in [2.24, 2.45) is 12.9 Å². The molecule has 6 nitrogen and oxygen atoms in total. The largest absolute Gasteiger partial charge is 0.296 e. The SMILES string of the molecule is Cn1nnc(Br)c1C(NN)C(C)(C)N1CCCCCC1. The number of aryl methyl sites for hydroxylation is 1. The number of hydrazine groups is 1. The molecule has 1 atom stereocenters. The Morgan fingerprint density at radius 2 is 1.85 bits per heavy atom. The Kier molecular flexibility index (Phi) is 5.17. The molecule has 3 N–H and O–H groups in total. The molecular weight excluding hydrogens is 320 g/mol. The first-order valence-corrected chi connectivity index (χ1v) is 8.04. The highest BCUT2D eigenvalue weighted by Gasteiger charge is 2.39. The second-order valence-electron chi connectivity index (χ2n) is 6.04. The summed E-state index contributed by atoms with van der Waals surface area (Å²) < 4.78 is 2.54. The molecule has 0 saturated carbocycles. The molecule has 1 unspecified atom stereocenters. The van der Waals surface area contributed by atoms with Crippen molar-refractivity contribution in [1.82, 2.24) is 25.3 Å². The van der Waals surface area contributed by atoms with Gasteiger partial charge in [-0.25, -0.2) is 10.1 Å². The molecule has 0 radical (unpaired) electrons. The Labute approximate surface area is 129 Å². The zero-order valence-corrected chi connectivity index (χ0v) is 14.2. The van der Waals surface area contributed by atoms with Gasteiger partial charge in [-0.1, -0.05) is 18.1 Å². The molecule has 1 fully saturated rings. The molecule has 0 aliphatic carbocycles. The number of nitrogens with two attached hydrogens (primary N) is 1. The third-order valence-electron chi connectivity index (χ3n) is 4.39. The monoisotopic (exact) mass is 344 g/mol. The number of hydrogen-bond acceptors (Lipinski definition) is 5. The Hall–Kier alpha value is -0.500. The number of rotatable bonds is 4. The maximum atomic E-state index is 5.87. The quantitative estimate of drug-likeness (QED) is 0.642. The van der Waals surface area contributed by atoms with Crippen LogP contribution in [-0.4, -0.2) is 38.5 Å². The molecule has 1 aliphatic rings. The molecule has 0 spiro atoms. The van der Waals surface area contributed by atoms with Crippen molar-refractivity contribution in [2.75, 3.05) is 13.1 Å². The van der Waals surface area contributed by atoms with E-state index < -0.39 is 0 Å². The van der Waals surface area contributed by atoms with Gasteiger partial charge in [0.2, 0.25) is 0 Å². The van der Waals surface area contributed by atoms with Crippen LogP contribution in [0.4, 0.5) is 0 Å². The average Bonchev–Trinajstić information content (AvgIpc) is 2.64. The van der Waals surface area contributed by atoms with E-state index in [-0.39, 0.29) is 11.6 Å². The molecule has 7 heteroatoms. The van der Waals surface area contributed by atoms with Crippen LogP contribution in [0.25, 0.3) is 0 Å². The summed E-state index contributed by atoms with van der Waals surface area (Å²) >= 11 is 3.48. The highest BCUT2D eigenvalue weighted by Crippen LogP contribution is 2.34. The predicted octanol–water partition coefficient (Wildman–Crippen LogP) is 1.74. The normalized spacial score (nSPS) is 19.9. The van der Waals surface area contributed by atoms with Crippen molar-refractivity contribution in [3.8, 4) is 0 Å². The molecule has 1 aromatic heterocycles. The van der Waals surface area contributed by atoms with Gasteiger partial charge >= 0.3 is 0 Å². The van der Waals surface area contributed by atoms with Crippen molar-refractivity contribution < 1.29 is 0 Å². The van der Waals surface area contributed by atoms with E-state index in [1.807, 2.05) is 7.05 Å². The van der Waals surface area contributed by atoms with Crippen LogP contribution in [0.2, 0.25) is 0 Å². The third-order valence-corrected chi connectivity index (χ3v) is 4.96. The molecule has 0 bridgehead atoms. The fraction of sp³-hybridized carbons (Fsp3) is 0.846. The second-order valence-corrected chi connectivity index (χ2v) is 6.79. The van der Waals surface area contributed by atoms with Crippen LogP contribution >= 0.6 is 15.9 Å². The van der Waals surface area contributed by atoms with Crippen LogP contribution in [0.15, 0.2) is 4.60 Å². The van der Waals surface area contributed by atoms with Crippen LogP contribution in [0, 0.1) is 0 Å². The standard InChI is InChI=1S/C13H25BrN6/c1-13(2,20-8-6-4-5-7-9-20)11(16-15)10-12(14)17-18-19(10)3/h11,16H,4-9,15H2,1-3H3. The van der Waals surface area contributed by atoms with E-state index in [4.69, 9.17) is 5.84 Å². The van der Waals surface area contributed by atoms with Crippen LogP contribution < -0.4 is 11.3 Å². The molecule has 20 heavy (non-hydrogen) atoms. The number of aromatic nitrogens is 3. The zero-order valence-electron chi connectivity index (χ0n) is 12.6. The summed E-state index contributed by atoms with van der Waals surface area (Å²) in [5.74, 6) is 5.87. The van der Waals surface area contributed by atoms with Gasteiger partial charge in [0.15, 0.2) is 4.60 Å².